The van der Waals surface area contributed by atoms with Gasteiger partial charge in [0.05, 0.1) is 12.6 Å². The van der Waals surface area contributed by atoms with E-state index in [9.17, 15) is 19.8 Å². The molecule has 0 radical (unpaired) electrons. The highest BCUT2D eigenvalue weighted by atomic mass is 16.3. The van der Waals surface area contributed by atoms with Crippen molar-refractivity contribution in [1.82, 2.24) is 9.47 Å². The molecule has 1 aromatic heterocycles. The van der Waals surface area contributed by atoms with Crippen molar-refractivity contribution in [2.75, 3.05) is 19.7 Å². The molecular weight excluding hydrogens is 332 g/mol. The van der Waals surface area contributed by atoms with Crippen LogP contribution >= 0.6 is 0 Å². The molecule has 0 unspecified atom stereocenters. The summed E-state index contributed by atoms with van der Waals surface area (Å²) in [7, 11) is 0. The number of fused-ring (bicyclic) bond motifs is 4. The van der Waals surface area contributed by atoms with Gasteiger partial charge in [0.1, 0.15) is 0 Å². The number of amides is 1. The van der Waals surface area contributed by atoms with Crippen molar-refractivity contribution in [3.63, 3.8) is 0 Å². The van der Waals surface area contributed by atoms with E-state index in [0.717, 1.165) is 12.1 Å². The van der Waals surface area contributed by atoms with Crippen LogP contribution in [0, 0.1) is 5.92 Å². The van der Waals surface area contributed by atoms with Gasteiger partial charge in [-0.1, -0.05) is 36.4 Å². The predicted octanol–water partition coefficient (Wildman–Crippen LogP) is 1.06. The van der Waals surface area contributed by atoms with Crippen molar-refractivity contribution in [2.45, 2.75) is 24.5 Å². The van der Waals surface area contributed by atoms with Crippen molar-refractivity contribution in [1.29, 1.82) is 0 Å². The number of rotatable bonds is 3. The molecule has 26 heavy (non-hydrogen) atoms. The van der Waals surface area contributed by atoms with Gasteiger partial charge in [0, 0.05) is 36.7 Å². The molecule has 2 aromatic rings. The van der Waals surface area contributed by atoms with Crippen LogP contribution in [-0.2, 0) is 4.79 Å². The van der Waals surface area contributed by atoms with E-state index >= 15 is 0 Å². The predicted molar refractivity (Wildman–Crippen MR) is 95.7 cm³/mol. The number of aliphatic hydroxyl groups excluding tert-OH is 2. The minimum Gasteiger partial charge on any atom is -0.394 e. The molecular formula is C20H22N2O4. The first-order valence-corrected chi connectivity index (χ1v) is 8.94. The summed E-state index contributed by atoms with van der Waals surface area (Å²) in [6.07, 6.45) is -0.361. The number of aliphatic hydroxyl groups is 2. The van der Waals surface area contributed by atoms with Crippen molar-refractivity contribution >= 4 is 5.91 Å². The van der Waals surface area contributed by atoms with E-state index in [0.29, 0.717) is 18.7 Å². The molecule has 136 valence electrons. The summed E-state index contributed by atoms with van der Waals surface area (Å²) in [5.41, 5.74) is 1.32. The number of hydrogen-bond donors (Lipinski definition) is 2. The quantitative estimate of drug-likeness (QED) is 0.863. The van der Waals surface area contributed by atoms with Crippen LogP contribution in [0.25, 0.3) is 0 Å². The minimum absolute atomic E-state index is 0.00160. The lowest BCUT2D eigenvalue weighted by molar-refractivity contribution is -0.144. The number of pyridine rings is 1. The van der Waals surface area contributed by atoms with E-state index in [-0.39, 0.29) is 36.0 Å². The van der Waals surface area contributed by atoms with Gasteiger partial charge in [-0.2, -0.15) is 0 Å². The second-order valence-electron chi connectivity index (χ2n) is 7.16. The van der Waals surface area contributed by atoms with Gasteiger partial charge >= 0.3 is 0 Å². The third-order valence-electron chi connectivity index (χ3n) is 5.65. The fourth-order valence-corrected chi connectivity index (χ4v) is 4.41. The minimum atomic E-state index is -1.19. The van der Waals surface area contributed by atoms with E-state index in [1.807, 2.05) is 12.1 Å². The molecule has 1 aromatic carbocycles. The van der Waals surface area contributed by atoms with E-state index in [1.165, 1.54) is 6.07 Å². The summed E-state index contributed by atoms with van der Waals surface area (Å²) >= 11 is 0. The highest BCUT2D eigenvalue weighted by molar-refractivity contribution is 5.82. The van der Waals surface area contributed by atoms with Gasteiger partial charge in [-0.3, -0.25) is 9.59 Å². The average Bonchev–Trinajstić information content (AvgIpc) is 2.68. The lowest BCUT2D eigenvalue weighted by Crippen LogP contribution is -2.52. The van der Waals surface area contributed by atoms with E-state index < -0.39 is 6.10 Å². The number of piperidine rings is 1. The molecule has 1 saturated heterocycles. The Morgan fingerprint density at radius 3 is 2.62 bits per heavy atom. The van der Waals surface area contributed by atoms with Crippen LogP contribution in [0.1, 0.15) is 35.7 Å². The van der Waals surface area contributed by atoms with Crippen LogP contribution in [0.2, 0.25) is 0 Å². The van der Waals surface area contributed by atoms with E-state index in [2.05, 4.69) is 0 Å². The van der Waals surface area contributed by atoms with Gasteiger partial charge in [0.15, 0.2) is 6.10 Å². The van der Waals surface area contributed by atoms with Gasteiger partial charge in [-0.25, -0.2) is 0 Å². The summed E-state index contributed by atoms with van der Waals surface area (Å²) < 4.78 is 1.69. The molecule has 6 nitrogen and oxygen atoms in total. The molecule has 0 aliphatic carbocycles. The summed E-state index contributed by atoms with van der Waals surface area (Å²) in [4.78, 5) is 26.8. The monoisotopic (exact) mass is 354 g/mol. The molecule has 2 aliphatic rings. The molecule has 0 spiro atoms. The third-order valence-corrected chi connectivity index (χ3v) is 5.65. The zero-order valence-corrected chi connectivity index (χ0v) is 14.4. The van der Waals surface area contributed by atoms with Gasteiger partial charge in [-0.15, -0.1) is 0 Å². The Bertz CT molecular complexity index is 864. The second kappa shape index (κ2) is 6.70. The highest BCUT2D eigenvalue weighted by Gasteiger charge is 2.42. The summed E-state index contributed by atoms with van der Waals surface area (Å²) in [5, 5.41) is 20.3. The Morgan fingerprint density at radius 2 is 1.88 bits per heavy atom. The van der Waals surface area contributed by atoms with Crippen LogP contribution in [-0.4, -0.2) is 45.3 Å². The Balaban J connectivity index is 1.64. The normalized spacial score (nSPS) is 25.5. The zero-order valence-electron chi connectivity index (χ0n) is 14.4. The number of carbonyl (C=O) groups is 1. The van der Waals surface area contributed by atoms with Crippen molar-refractivity contribution in [3.8, 4) is 0 Å². The number of hydrogen-bond acceptors (Lipinski definition) is 4. The Kier molecular flexibility index (Phi) is 4.38. The molecule has 4 rings (SSSR count). The number of carbonyl (C=O) groups excluding carboxylic acids is 1. The number of benzene rings is 1. The topological polar surface area (TPSA) is 82.8 Å². The van der Waals surface area contributed by atoms with Crippen LogP contribution in [0.15, 0.2) is 53.3 Å². The lowest BCUT2D eigenvalue weighted by Gasteiger charge is -2.46. The first kappa shape index (κ1) is 17.0. The van der Waals surface area contributed by atoms with Crippen LogP contribution < -0.4 is 5.56 Å². The zero-order chi connectivity index (χ0) is 18.3. The number of nitrogens with zero attached hydrogens (tertiary/aromatic N) is 2. The standard InChI is InChI=1S/C20H22N2O4/c23-12-17-15-9-14(16-7-4-8-18(24)22(16)17)10-21(11-15)20(26)19(25)13-5-2-1-3-6-13/h1-8,14-15,17,19,23,25H,9-12H2/t14-,15+,17+,19-/m1/s1. The molecule has 6 heteroatoms. The van der Waals surface area contributed by atoms with Crippen molar-refractivity contribution in [3.05, 3.63) is 70.1 Å². The molecule has 4 atom stereocenters. The molecule has 2 N–H and O–H groups in total. The van der Waals surface area contributed by atoms with Crippen molar-refractivity contribution < 1.29 is 15.0 Å². The lowest BCUT2D eigenvalue weighted by atomic mass is 9.78. The summed E-state index contributed by atoms with van der Waals surface area (Å²) in [6, 6.07) is 13.7. The smallest absolute Gasteiger partial charge is 0.256 e. The van der Waals surface area contributed by atoms with Crippen LogP contribution in [0.4, 0.5) is 0 Å². The maximum atomic E-state index is 12.8. The van der Waals surface area contributed by atoms with Crippen LogP contribution in [0.5, 0.6) is 0 Å². The Morgan fingerprint density at radius 1 is 1.12 bits per heavy atom. The molecule has 2 bridgehead atoms. The maximum absolute atomic E-state index is 12.8. The maximum Gasteiger partial charge on any atom is 0.256 e. The number of likely N-dealkylation sites (tertiary alicyclic amines) is 1. The van der Waals surface area contributed by atoms with Gasteiger partial charge in [0.25, 0.3) is 11.5 Å². The fraction of sp³-hybridized carbons (Fsp3) is 0.400. The Labute approximate surface area is 151 Å². The third kappa shape index (κ3) is 2.75. The molecule has 2 aliphatic heterocycles. The van der Waals surface area contributed by atoms with Gasteiger partial charge < -0.3 is 19.7 Å². The summed E-state index contributed by atoms with van der Waals surface area (Å²) in [5.74, 6) is -0.287. The Hall–Kier alpha value is -2.44. The highest BCUT2D eigenvalue weighted by Crippen LogP contribution is 2.41. The largest absolute Gasteiger partial charge is 0.394 e. The van der Waals surface area contributed by atoms with E-state index in [4.69, 9.17) is 0 Å². The second-order valence-corrected chi connectivity index (χ2v) is 7.16. The molecule has 1 fully saturated rings. The van der Waals surface area contributed by atoms with Crippen LogP contribution in [0.3, 0.4) is 0 Å². The summed E-state index contributed by atoms with van der Waals surface area (Å²) in [6.45, 7) is 0.767. The number of aromatic nitrogens is 1. The first-order chi connectivity index (χ1) is 12.6. The first-order valence-electron chi connectivity index (χ1n) is 8.94. The van der Waals surface area contributed by atoms with Gasteiger partial charge in [-0.05, 0) is 18.1 Å². The van der Waals surface area contributed by atoms with Gasteiger partial charge in [0.2, 0.25) is 0 Å². The SMILES string of the molecule is O=C([C@H](O)c1ccccc1)N1C[C@H]2C[C@@H](C1)[C@H](CO)n1c2cccc1=O. The molecule has 1 amide bonds. The fourth-order valence-electron chi connectivity index (χ4n) is 4.41. The molecule has 0 saturated carbocycles. The molecule has 3 heterocycles. The van der Waals surface area contributed by atoms with E-state index in [1.54, 1.807) is 39.8 Å². The van der Waals surface area contributed by atoms with Crippen molar-refractivity contribution in [2.24, 2.45) is 5.92 Å². The average molecular weight is 354 g/mol.